The van der Waals surface area contributed by atoms with E-state index in [0.29, 0.717) is 13.1 Å². The summed E-state index contributed by atoms with van der Waals surface area (Å²) in [6.07, 6.45) is -0.407. The zero-order valence-corrected chi connectivity index (χ0v) is 15.3. The predicted molar refractivity (Wildman–Crippen MR) is 97.9 cm³/mol. The lowest BCUT2D eigenvalue weighted by molar-refractivity contribution is -0.0957. The van der Waals surface area contributed by atoms with Crippen LogP contribution in [0, 0.1) is 5.92 Å². The minimum absolute atomic E-state index is 0.110. The highest BCUT2D eigenvalue weighted by Crippen LogP contribution is 2.30. The molecule has 6 heteroatoms. The second kappa shape index (κ2) is 8.48. The number of alkyl halides is 2. The number of halogens is 2. The molecule has 1 fully saturated rings. The van der Waals surface area contributed by atoms with Crippen molar-refractivity contribution in [2.45, 2.75) is 32.7 Å². The molecule has 27 heavy (non-hydrogen) atoms. The summed E-state index contributed by atoms with van der Waals surface area (Å²) in [5.41, 5.74) is 1.12. The van der Waals surface area contributed by atoms with Crippen LogP contribution in [0.3, 0.4) is 0 Å². The molecule has 144 valence electrons. The Morgan fingerprint density at radius 1 is 1.07 bits per heavy atom. The van der Waals surface area contributed by atoms with E-state index in [9.17, 15) is 13.6 Å². The summed E-state index contributed by atoms with van der Waals surface area (Å²) >= 11 is 0. The fourth-order valence-corrected chi connectivity index (χ4v) is 3.19. The molecule has 2 atom stereocenters. The third kappa shape index (κ3) is 4.63. The van der Waals surface area contributed by atoms with Crippen LogP contribution in [0.25, 0.3) is 0 Å². The molecule has 0 aliphatic carbocycles. The summed E-state index contributed by atoms with van der Waals surface area (Å²) in [6, 6.07) is 15.8. The van der Waals surface area contributed by atoms with Gasteiger partial charge in [-0.15, -0.1) is 0 Å². The maximum absolute atomic E-state index is 13.1. The second-order valence-corrected chi connectivity index (χ2v) is 6.90. The van der Waals surface area contributed by atoms with Gasteiger partial charge >= 0.3 is 6.61 Å². The summed E-state index contributed by atoms with van der Waals surface area (Å²) < 4.78 is 36.1. The van der Waals surface area contributed by atoms with Gasteiger partial charge in [-0.1, -0.05) is 56.3 Å². The summed E-state index contributed by atoms with van der Waals surface area (Å²) in [7, 11) is 0. The van der Waals surface area contributed by atoms with Crippen molar-refractivity contribution in [2.24, 2.45) is 5.92 Å². The van der Waals surface area contributed by atoms with Crippen molar-refractivity contribution in [3.05, 3.63) is 65.7 Å². The number of carbonyl (C=O) groups excluding carboxylic acids is 1. The topological polar surface area (TPSA) is 38.8 Å². The molecule has 1 heterocycles. The van der Waals surface area contributed by atoms with Crippen LogP contribution in [0.4, 0.5) is 8.78 Å². The Morgan fingerprint density at radius 3 is 2.41 bits per heavy atom. The van der Waals surface area contributed by atoms with Crippen molar-refractivity contribution in [3.8, 4) is 5.75 Å². The number of nitrogens with zero attached hydrogens (tertiary/aromatic N) is 1. The monoisotopic (exact) mass is 375 g/mol. The molecule has 0 saturated carbocycles. The molecule has 1 amide bonds. The van der Waals surface area contributed by atoms with Crippen molar-refractivity contribution in [1.29, 1.82) is 0 Å². The summed E-state index contributed by atoms with van der Waals surface area (Å²) in [4.78, 5) is 14.8. The van der Waals surface area contributed by atoms with Crippen molar-refractivity contribution in [2.75, 3.05) is 13.1 Å². The van der Waals surface area contributed by atoms with Crippen LogP contribution in [0.5, 0.6) is 5.75 Å². The zero-order chi connectivity index (χ0) is 19.4. The quantitative estimate of drug-likeness (QED) is 0.771. The molecule has 0 bridgehead atoms. The number of hydrogen-bond acceptors (Lipinski definition) is 3. The lowest BCUT2D eigenvalue weighted by atomic mass is 10.0. The average molecular weight is 375 g/mol. The van der Waals surface area contributed by atoms with Crippen LogP contribution >= 0.6 is 0 Å². The standard InChI is InChI=1S/C21H23F2NO3/c1-14(2)18-12-24(13-19(26-18)15-8-4-3-5-9-15)20(25)16-10-6-7-11-17(16)27-21(22)23/h3-11,14,18-19,21H,12-13H2,1-2H3/t18-,19+/m1/s1. The highest BCUT2D eigenvalue weighted by molar-refractivity contribution is 5.97. The number of amides is 1. The minimum Gasteiger partial charge on any atom is -0.434 e. The number of benzene rings is 2. The predicted octanol–water partition coefficient (Wildman–Crippen LogP) is 4.53. The molecule has 0 unspecified atom stereocenters. The van der Waals surface area contributed by atoms with Crippen LogP contribution in [-0.2, 0) is 4.74 Å². The molecule has 3 rings (SSSR count). The average Bonchev–Trinajstić information content (AvgIpc) is 2.67. The molecule has 0 N–H and O–H groups in total. The Kier molecular flexibility index (Phi) is 6.06. The van der Waals surface area contributed by atoms with Crippen LogP contribution < -0.4 is 4.74 Å². The number of carbonyl (C=O) groups is 1. The van der Waals surface area contributed by atoms with Crippen LogP contribution in [-0.4, -0.2) is 36.6 Å². The lowest BCUT2D eigenvalue weighted by Crippen LogP contribution is -2.48. The lowest BCUT2D eigenvalue weighted by Gasteiger charge is -2.40. The van der Waals surface area contributed by atoms with E-state index in [1.807, 2.05) is 44.2 Å². The van der Waals surface area contributed by atoms with E-state index in [1.165, 1.54) is 12.1 Å². The molecule has 1 aliphatic heterocycles. The van der Waals surface area contributed by atoms with Crippen molar-refractivity contribution < 1.29 is 23.0 Å². The molecule has 2 aromatic rings. The van der Waals surface area contributed by atoms with Gasteiger partial charge in [0.15, 0.2) is 0 Å². The number of para-hydroxylation sites is 1. The highest BCUT2D eigenvalue weighted by atomic mass is 19.3. The van der Waals surface area contributed by atoms with E-state index in [0.717, 1.165) is 5.56 Å². The summed E-state index contributed by atoms with van der Waals surface area (Å²) in [6.45, 7) is 1.85. The molecule has 1 saturated heterocycles. The van der Waals surface area contributed by atoms with Gasteiger partial charge in [0.25, 0.3) is 5.91 Å². The van der Waals surface area contributed by atoms with E-state index in [2.05, 4.69) is 4.74 Å². The van der Waals surface area contributed by atoms with Gasteiger partial charge < -0.3 is 14.4 Å². The Balaban J connectivity index is 1.87. The Morgan fingerprint density at radius 2 is 1.74 bits per heavy atom. The van der Waals surface area contributed by atoms with Crippen LogP contribution in [0.2, 0.25) is 0 Å². The van der Waals surface area contributed by atoms with Gasteiger partial charge in [-0.05, 0) is 23.6 Å². The summed E-state index contributed by atoms with van der Waals surface area (Å²) in [5, 5.41) is 0. The van der Waals surface area contributed by atoms with Gasteiger partial charge in [0.05, 0.1) is 18.2 Å². The third-order valence-electron chi connectivity index (χ3n) is 4.66. The van der Waals surface area contributed by atoms with E-state index < -0.39 is 6.61 Å². The van der Waals surface area contributed by atoms with Crippen molar-refractivity contribution >= 4 is 5.91 Å². The number of rotatable bonds is 5. The molecule has 0 radical (unpaired) electrons. The number of hydrogen-bond donors (Lipinski definition) is 0. The SMILES string of the molecule is CC(C)[C@H]1CN(C(=O)c2ccccc2OC(F)F)C[C@@H](c2ccccc2)O1. The zero-order valence-electron chi connectivity index (χ0n) is 15.3. The Hall–Kier alpha value is -2.47. The van der Waals surface area contributed by atoms with Crippen molar-refractivity contribution in [3.63, 3.8) is 0 Å². The normalized spacial score (nSPS) is 20.1. The minimum atomic E-state index is -2.98. The number of morpholine rings is 1. The fraction of sp³-hybridized carbons (Fsp3) is 0.381. The molecule has 0 aromatic heterocycles. The first-order valence-corrected chi connectivity index (χ1v) is 8.99. The fourth-order valence-electron chi connectivity index (χ4n) is 3.19. The molecular formula is C21H23F2NO3. The molecule has 1 aliphatic rings. The first-order chi connectivity index (χ1) is 13.0. The molecular weight excluding hydrogens is 352 g/mol. The van der Waals surface area contributed by atoms with Gasteiger partial charge in [-0.25, -0.2) is 0 Å². The first-order valence-electron chi connectivity index (χ1n) is 8.99. The largest absolute Gasteiger partial charge is 0.434 e. The maximum atomic E-state index is 13.1. The Labute approximate surface area is 157 Å². The second-order valence-electron chi connectivity index (χ2n) is 6.90. The van der Waals surface area contributed by atoms with Gasteiger partial charge in [0, 0.05) is 6.54 Å². The van der Waals surface area contributed by atoms with Gasteiger partial charge in [-0.3, -0.25) is 4.79 Å². The van der Waals surface area contributed by atoms with E-state index in [-0.39, 0.29) is 35.3 Å². The Bertz CT molecular complexity index is 767. The van der Waals surface area contributed by atoms with Crippen LogP contribution in [0.1, 0.15) is 35.9 Å². The molecule has 0 spiro atoms. The summed E-state index contributed by atoms with van der Waals surface area (Å²) in [5.74, 6) is -0.234. The van der Waals surface area contributed by atoms with E-state index in [1.54, 1.807) is 17.0 Å². The smallest absolute Gasteiger partial charge is 0.387 e. The van der Waals surface area contributed by atoms with E-state index in [4.69, 9.17) is 4.74 Å². The number of ether oxygens (including phenoxy) is 2. The molecule has 4 nitrogen and oxygen atoms in total. The van der Waals surface area contributed by atoms with Gasteiger partial charge in [-0.2, -0.15) is 8.78 Å². The molecule has 2 aromatic carbocycles. The van der Waals surface area contributed by atoms with E-state index >= 15 is 0 Å². The van der Waals surface area contributed by atoms with Gasteiger partial charge in [0.2, 0.25) is 0 Å². The highest BCUT2D eigenvalue weighted by Gasteiger charge is 2.34. The first kappa shape index (κ1) is 19.3. The van der Waals surface area contributed by atoms with Crippen LogP contribution in [0.15, 0.2) is 54.6 Å². The third-order valence-corrected chi connectivity index (χ3v) is 4.66. The van der Waals surface area contributed by atoms with Crippen molar-refractivity contribution in [1.82, 2.24) is 4.90 Å². The maximum Gasteiger partial charge on any atom is 0.387 e. The van der Waals surface area contributed by atoms with Gasteiger partial charge in [0.1, 0.15) is 11.9 Å².